The van der Waals surface area contributed by atoms with E-state index in [2.05, 4.69) is 19.2 Å². The Morgan fingerprint density at radius 3 is 2.44 bits per heavy atom. The van der Waals surface area contributed by atoms with Gasteiger partial charge in [0.05, 0.1) is 26.1 Å². The molecule has 0 aromatic heterocycles. The summed E-state index contributed by atoms with van der Waals surface area (Å²) in [7, 11) is -1.08. The average Bonchev–Trinajstić information content (AvgIpc) is 2.37. The third-order valence-corrected chi connectivity index (χ3v) is 5.40. The first-order valence-corrected chi connectivity index (χ1v) is 8.07. The van der Waals surface area contributed by atoms with E-state index in [9.17, 15) is 4.21 Å². The fourth-order valence-corrected chi connectivity index (χ4v) is 3.69. The number of hydrogen-bond acceptors (Lipinski definition) is 2. The van der Waals surface area contributed by atoms with Crippen LogP contribution in [0.5, 0.6) is 0 Å². The summed E-state index contributed by atoms with van der Waals surface area (Å²) in [5.74, 6) is 0. The lowest BCUT2D eigenvalue weighted by molar-refractivity contribution is 0.500. The van der Waals surface area contributed by atoms with Gasteiger partial charge in [-0.25, -0.2) is 0 Å². The van der Waals surface area contributed by atoms with E-state index in [4.69, 9.17) is 23.2 Å². The molecule has 0 bridgehead atoms. The van der Waals surface area contributed by atoms with Crippen LogP contribution in [-0.4, -0.2) is 22.0 Å². The van der Waals surface area contributed by atoms with Gasteiger partial charge < -0.3 is 5.32 Å². The molecular formula is C13H19Cl2NOS. The topological polar surface area (TPSA) is 29.1 Å². The summed E-state index contributed by atoms with van der Waals surface area (Å²) >= 11 is 11.8. The van der Waals surface area contributed by atoms with E-state index in [1.165, 1.54) is 0 Å². The van der Waals surface area contributed by atoms with Crippen molar-refractivity contribution in [2.45, 2.75) is 43.4 Å². The number of nitrogens with one attached hydrogen (secondary N) is 1. The molecule has 0 amide bonds. The van der Waals surface area contributed by atoms with Gasteiger partial charge in [-0.3, -0.25) is 4.21 Å². The molecule has 5 heteroatoms. The molecule has 0 fully saturated rings. The van der Waals surface area contributed by atoms with Gasteiger partial charge in [0.15, 0.2) is 0 Å². The van der Waals surface area contributed by atoms with Gasteiger partial charge in [0.2, 0.25) is 0 Å². The monoisotopic (exact) mass is 307 g/mol. The summed E-state index contributed by atoms with van der Waals surface area (Å²) in [6.07, 6.45) is 0.946. The standard InChI is InChI=1S/C13H19Cl2NOS/c1-4-13(16-5-2)9(3)18(17)10-6-7-11(14)12(15)8-10/h6-9,13,16H,4-5H2,1-3H3. The van der Waals surface area contributed by atoms with Crippen LogP contribution in [0.3, 0.4) is 0 Å². The number of benzene rings is 1. The molecule has 0 aliphatic heterocycles. The SMILES string of the molecule is CCNC(CC)C(C)S(=O)c1ccc(Cl)c(Cl)c1. The van der Waals surface area contributed by atoms with Crippen LogP contribution in [0.4, 0.5) is 0 Å². The molecule has 18 heavy (non-hydrogen) atoms. The highest BCUT2D eigenvalue weighted by Gasteiger charge is 2.22. The Hall–Kier alpha value is -0.0900. The first-order valence-electron chi connectivity index (χ1n) is 6.10. The molecule has 0 saturated heterocycles. The average molecular weight is 308 g/mol. The van der Waals surface area contributed by atoms with Crippen molar-refractivity contribution >= 4 is 34.0 Å². The Morgan fingerprint density at radius 2 is 1.94 bits per heavy atom. The third kappa shape index (κ3) is 3.95. The van der Waals surface area contributed by atoms with Crippen LogP contribution in [0.2, 0.25) is 10.0 Å². The molecule has 0 aliphatic rings. The highest BCUT2D eigenvalue weighted by atomic mass is 35.5. The van der Waals surface area contributed by atoms with Crippen LogP contribution in [0, 0.1) is 0 Å². The van der Waals surface area contributed by atoms with Gasteiger partial charge in [0.1, 0.15) is 0 Å². The maximum absolute atomic E-state index is 12.5. The highest BCUT2D eigenvalue weighted by molar-refractivity contribution is 7.85. The maximum atomic E-state index is 12.5. The second-order valence-corrected chi connectivity index (χ2v) is 6.78. The summed E-state index contributed by atoms with van der Waals surface area (Å²) in [5.41, 5.74) is 0. The Kier molecular flexibility index (Phi) is 6.64. The van der Waals surface area contributed by atoms with Crippen LogP contribution in [-0.2, 0) is 10.8 Å². The van der Waals surface area contributed by atoms with E-state index in [1.807, 2.05) is 6.92 Å². The molecule has 0 aliphatic carbocycles. The second kappa shape index (κ2) is 7.49. The third-order valence-electron chi connectivity index (χ3n) is 2.93. The fourth-order valence-electron chi connectivity index (χ4n) is 1.87. The fraction of sp³-hybridized carbons (Fsp3) is 0.538. The Balaban J connectivity index is 2.88. The summed E-state index contributed by atoms with van der Waals surface area (Å²) in [5, 5.41) is 4.33. The Morgan fingerprint density at radius 1 is 1.28 bits per heavy atom. The first kappa shape index (κ1) is 16.0. The molecule has 1 rings (SSSR count). The maximum Gasteiger partial charge on any atom is 0.0604 e. The minimum Gasteiger partial charge on any atom is -0.313 e. The number of rotatable bonds is 6. The summed E-state index contributed by atoms with van der Waals surface area (Å²) < 4.78 is 12.5. The molecule has 3 atom stereocenters. The smallest absolute Gasteiger partial charge is 0.0604 e. The van der Waals surface area contributed by atoms with Crippen molar-refractivity contribution in [1.29, 1.82) is 0 Å². The minimum atomic E-state index is -1.08. The highest BCUT2D eigenvalue weighted by Crippen LogP contribution is 2.25. The molecule has 2 nitrogen and oxygen atoms in total. The van der Waals surface area contributed by atoms with E-state index in [0.717, 1.165) is 17.9 Å². The zero-order valence-corrected chi connectivity index (χ0v) is 13.2. The lowest BCUT2D eigenvalue weighted by atomic mass is 10.2. The molecule has 0 saturated carbocycles. The van der Waals surface area contributed by atoms with Crippen LogP contribution in [0.1, 0.15) is 27.2 Å². The first-order chi connectivity index (χ1) is 8.51. The normalized spacial score (nSPS) is 16.3. The van der Waals surface area contributed by atoms with Gasteiger partial charge in [0.25, 0.3) is 0 Å². The van der Waals surface area contributed by atoms with Gasteiger partial charge in [-0.15, -0.1) is 0 Å². The van der Waals surface area contributed by atoms with Gasteiger partial charge in [-0.1, -0.05) is 37.0 Å². The molecule has 1 aromatic carbocycles. The van der Waals surface area contributed by atoms with Crippen molar-refractivity contribution in [3.8, 4) is 0 Å². The lowest BCUT2D eigenvalue weighted by Gasteiger charge is -2.23. The lowest BCUT2D eigenvalue weighted by Crippen LogP contribution is -2.39. The van der Waals surface area contributed by atoms with Crippen LogP contribution in [0.15, 0.2) is 23.1 Å². The molecular weight excluding hydrogens is 289 g/mol. The zero-order valence-electron chi connectivity index (χ0n) is 10.9. The van der Waals surface area contributed by atoms with Crippen molar-refractivity contribution in [1.82, 2.24) is 5.32 Å². The van der Waals surface area contributed by atoms with E-state index >= 15 is 0 Å². The molecule has 0 heterocycles. The molecule has 1 N–H and O–H groups in total. The molecule has 1 aromatic rings. The van der Waals surface area contributed by atoms with E-state index in [-0.39, 0.29) is 11.3 Å². The van der Waals surface area contributed by atoms with Gasteiger partial charge in [0, 0.05) is 10.9 Å². The van der Waals surface area contributed by atoms with Gasteiger partial charge in [-0.2, -0.15) is 0 Å². The second-order valence-electron chi connectivity index (χ2n) is 4.15. The van der Waals surface area contributed by atoms with Crippen molar-refractivity contribution < 1.29 is 4.21 Å². The number of hydrogen-bond donors (Lipinski definition) is 1. The van der Waals surface area contributed by atoms with E-state index in [1.54, 1.807) is 18.2 Å². The predicted molar refractivity (Wildman–Crippen MR) is 80.1 cm³/mol. The Labute approximate surface area is 122 Å². The van der Waals surface area contributed by atoms with Crippen molar-refractivity contribution in [3.05, 3.63) is 28.2 Å². The van der Waals surface area contributed by atoms with Crippen molar-refractivity contribution in [2.75, 3.05) is 6.54 Å². The number of halogens is 2. The molecule has 3 unspecified atom stereocenters. The molecule has 0 spiro atoms. The molecule has 102 valence electrons. The summed E-state index contributed by atoms with van der Waals surface area (Å²) in [4.78, 5) is 0.730. The predicted octanol–water partition coefficient (Wildman–Crippen LogP) is 3.88. The van der Waals surface area contributed by atoms with Crippen LogP contribution in [0.25, 0.3) is 0 Å². The minimum absolute atomic E-state index is 0.0344. The zero-order chi connectivity index (χ0) is 13.7. The van der Waals surface area contributed by atoms with Crippen molar-refractivity contribution in [2.24, 2.45) is 0 Å². The van der Waals surface area contributed by atoms with Crippen molar-refractivity contribution in [3.63, 3.8) is 0 Å². The summed E-state index contributed by atoms with van der Waals surface area (Å²) in [6.45, 7) is 7.02. The largest absolute Gasteiger partial charge is 0.313 e. The van der Waals surface area contributed by atoms with E-state index in [0.29, 0.717) is 10.0 Å². The summed E-state index contributed by atoms with van der Waals surface area (Å²) in [6, 6.07) is 5.40. The van der Waals surface area contributed by atoms with Gasteiger partial charge in [-0.05, 0) is 38.1 Å². The van der Waals surface area contributed by atoms with E-state index < -0.39 is 10.8 Å². The van der Waals surface area contributed by atoms with Gasteiger partial charge >= 0.3 is 0 Å². The van der Waals surface area contributed by atoms with Crippen LogP contribution >= 0.6 is 23.2 Å². The van der Waals surface area contributed by atoms with Crippen LogP contribution < -0.4 is 5.32 Å². The molecule has 0 radical (unpaired) electrons. The quantitative estimate of drug-likeness (QED) is 0.864. The Bertz CT molecular complexity index is 425.